The number of anilines is 1. The van der Waals surface area contributed by atoms with Crippen LogP contribution in [0.25, 0.3) is 0 Å². The topological polar surface area (TPSA) is 66.4 Å². The summed E-state index contributed by atoms with van der Waals surface area (Å²) in [7, 11) is 1.94. The van der Waals surface area contributed by atoms with Crippen LogP contribution in [0.5, 0.6) is 0 Å². The average Bonchev–Trinajstić information content (AvgIpc) is 3.21. The number of rotatable bonds is 5. The van der Waals surface area contributed by atoms with Crippen LogP contribution < -0.4 is 10.6 Å². The predicted molar refractivity (Wildman–Crippen MR) is 117 cm³/mol. The van der Waals surface area contributed by atoms with Gasteiger partial charge in [0, 0.05) is 50.3 Å². The second-order valence-electron chi connectivity index (χ2n) is 7.84. The van der Waals surface area contributed by atoms with E-state index in [0.29, 0.717) is 0 Å². The maximum absolute atomic E-state index is 13.4. The molecule has 1 aliphatic rings. The molecule has 2 N–H and O–H groups in total. The molecule has 0 unspecified atom stereocenters. The van der Waals surface area contributed by atoms with Gasteiger partial charge in [-0.3, -0.25) is 14.5 Å². The third kappa shape index (κ3) is 4.70. The quantitative estimate of drug-likeness (QED) is 0.602. The van der Waals surface area contributed by atoms with Gasteiger partial charge in [0.2, 0.25) is 0 Å². The molecule has 2 aromatic carbocycles. The van der Waals surface area contributed by atoms with Gasteiger partial charge >= 0.3 is 11.8 Å². The highest BCUT2D eigenvalue weighted by atomic mass is 19.2. The number of nitrogens with zero attached hydrogens (tertiary/aromatic N) is 2. The minimum atomic E-state index is -1.10. The molecule has 2 amide bonds. The molecule has 0 spiro atoms. The van der Waals surface area contributed by atoms with Crippen molar-refractivity contribution in [3.63, 3.8) is 0 Å². The molecular weight excluding hydrogens is 414 g/mol. The van der Waals surface area contributed by atoms with Crippen LogP contribution in [0.15, 0.2) is 60.8 Å². The fraction of sp³-hybridized carbons (Fsp3) is 0.250. The molecule has 166 valence electrons. The Morgan fingerprint density at radius 2 is 1.78 bits per heavy atom. The Labute approximate surface area is 184 Å². The van der Waals surface area contributed by atoms with Gasteiger partial charge in [-0.05, 0) is 41.8 Å². The number of benzene rings is 2. The van der Waals surface area contributed by atoms with Crippen LogP contribution in [0.2, 0.25) is 0 Å². The number of carbonyl (C=O) groups excluding carboxylic acids is 2. The van der Waals surface area contributed by atoms with Crippen molar-refractivity contribution in [1.29, 1.82) is 0 Å². The van der Waals surface area contributed by atoms with Crippen molar-refractivity contribution in [2.45, 2.75) is 19.0 Å². The first-order chi connectivity index (χ1) is 15.4. The summed E-state index contributed by atoms with van der Waals surface area (Å²) in [4.78, 5) is 27.0. The van der Waals surface area contributed by atoms with E-state index in [1.165, 1.54) is 17.2 Å². The van der Waals surface area contributed by atoms with Crippen LogP contribution in [0.1, 0.15) is 22.9 Å². The molecule has 0 bridgehead atoms. The molecule has 0 radical (unpaired) electrons. The molecular formula is C24H24F2N4O2. The standard InChI is InChI=1S/C24H24F2N4O2/c1-29-11-4-7-21(29)22(30-12-10-16-5-2-3-6-17(16)15-30)14-27-23(31)24(32)28-18-8-9-19(25)20(26)13-18/h2-9,11,13,22H,10,12,14-15H2,1H3,(H,27,31)(H,28,32)/t22-/m1/s1. The summed E-state index contributed by atoms with van der Waals surface area (Å²) in [5.41, 5.74) is 3.60. The fourth-order valence-corrected chi connectivity index (χ4v) is 4.06. The Kier molecular flexibility index (Phi) is 6.32. The Morgan fingerprint density at radius 3 is 2.50 bits per heavy atom. The maximum atomic E-state index is 13.4. The van der Waals surface area contributed by atoms with E-state index in [9.17, 15) is 18.4 Å². The molecule has 4 rings (SSSR count). The van der Waals surface area contributed by atoms with Crippen LogP contribution in [-0.2, 0) is 29.6 Å². The van der Waals surface area contributed by atoms with Gasteiger partial charge in [-0.2, -0.15) is 0 Å². The number of fused-ring (bicyclic) bond motifs is 1. The first kappa shape index (κ1) is 21.7. The van der Waals surface area contributed by atoms with Gasteiger partial charge in [-0.25, -0.2) is 8.78 Å². The van der Waals surface area contributed by atoms with Crippen molar-refractivity contribution in [2.75, 3.05) is 18.4 Å². The van der Waals surface area contributed by atoms with Crippen molar-refractivity contribution < 1.29 is 18.4 Å². The smallest absolute Gasteiger partial charge is 0.313 e. The molecule has 8 heteroatoms. The van der Waals surface area contributed by atoms with E-state index in [4.69, 9.17) is 0 Å². The highest BCUT2D eigenvalue weighted by Gasteiger charge is 2.27. The Balaban J connectivity index is 1.45. The summed E-state index contributed by atoms with van der Waals surface area (Å²) in [5, 5.41) is 4.99. The zero-order chi connectivity index (χ0) is 22.7. The molecule has 2 heterocycles. The number of halogens is 2. The number of hydrogen-bond acceptors (Lipinski definition) is 3. The predicted octanol–water partition coefficient (Wildman–Crippen LogP) is 3.16. The lowest BCUT2D eigenvalue weighted by Gasteiger charge is -2.36. The monoisotopic (exact) mass is 438 g/mol. The lowest BCUT2D eigenvalue weighted by molar-refractivity contribution is -0.136. The number of hydrogen-bond donors (Lipinski definition) is 2. The Bertz CT molecular complexity index is 1140. The molecule has 0 aliphatic carbocycles. The van der Waals surface area contributed by atoms with Crippen molar-refractivity contribution in [3.05, 3.63) is 89.2 Å². The first-order valence-corrected chi connectivity index (χ1v) is 10.4. The van der Waals surface area contributed by atoms with E-state index in [1.54, 1.807) is 0 Å². The van der Waals surface area contributed by atoms with Crippen molar-refractivity contribution in [1.82, 2.24) is 14.8 Å². The van der Waals surface area contributed by atoms with Crippen molar-refractivity contribution in [3.8, 4) is 0 Å². The van der Waals surface area contributed by atoms with Gasteiger partial charge in [-0.1, -0.05) is 24.3 Å². The molecule has 1 aliphatic heterocycles. The molecule has 0 saturated heterocycles. The summed E-state index contributed by atoms with van der Waals surface area (Å²) < 4.78 is 28.4. The zero-order valence-electron chi connectivity index (χ0n) is 17.6. The SMILES string of the molecule is Cn1cccc1[C@@H](CNC(=O)C(=O)Nc1ccc(F)c(F)c1)N1CCc2ccccc2C1. The van der Waals surface area contributed by atoms with Crippen LogP contribution in [0.3, 0.4) is 0 Å². The van der Waals surface area contributed by atoms with Gasteiger partial charge in [-0.15, -0.1) is 0 Å². The van der Waals surface area contributed by atoms with Gasteiger partial charge < -0.3 is 15.2 Å². The zero-order valence-corrected chi connectivity index (χ0v) is 17.6. The number of carbonyl (C=O) groups is 2. The van der Waals surface area contributed by atoms with Crippen LogP contribution in [0.4, 0.5) is 14.5 Å². The Hall–Kier alpha value is -3.52. The number of aromatic nitrogens is 1. The lowest BCUT2D eigenvalue weighted by Crippen LogP contribution is -2.44. The molecule has 1 atom stereocenters. The number of aryl methyl sites for hydroxylation is 1. The molecule has 3 aromatic rings. The average molecular weight is 438 g/mol. The summed E-state index contributed by atoms with van der Waals surface area (Å²) in [6, 6.07) is 15.0. The van der Waals surface area contributed by atoms with Gasteiger partial charge in [0.1, 0.15) is 0 Å². The second-order valence-corrected chi connectivity index (χ2v) is 7.84. The van der Waals surface area contributed by atoms with Gasteiger partial charge in [0.15, 0.2) is 11.6 Å². The van der Waals surface area contributed by atoms with Crippen LogP contribution in [0, 0.1) is 11.6 Å². The Morgan fingerprint density at radius 1 is 1.00 bits per heavy atom. The maximum Gasteiger partial charge on any atom is 0.313 e. The van der Waals surface area contributed by atoms with E-state index >= 15 is 0 Å². The summed E-state index contributed by atoms with van der Waals surface area (Å²) >= 11 is 0. The molecule has 0 saturated carbocycles. The van der Waals surface area contributed by atoms with E-state index in [1.807, 2.05) is 42.1 Å². The van der Waals surface area contributed by atoms with E-state index in [2.05, 4.69) is 27.7 Å². The molecule has 0 fully saturated rings. The minimum absolute atomic E-state index is 0.00988. The largest absolute Gasteiger partial charge is 0.353 e. The molecule has 1 aromatic heterocycles. The number of amides is 2. The van der Waals surface area contributed by atoms with E-state index in [-0.39, 0.29) is 18.3 Å². The lowest BCUT2D eigenvalue weighted by atomic mass is 9.98. The van der Waals surface area contributed by atoms with E-state index in [0.717, 1.165) is 37.3 Å². The van der Waals surface area contributed by atoms with Crippen LogP contribution in [-0.4, -0.2) is 34.4 Å². The third-order valence-electron chi connectivity index (χ3n) is 5.77. The highest BCUT2D eigenvalue weighted by Crippen LogP contribution is 2.27. The van der Waals surface area contributed by atoms with Crippen molar-refractivity contribution in [2.24, 2.45) is 7.05 Å². The number of nitrogens with one attached hydrogen (secondary N) is 2. The summed E-state index contributed by atoms with van der Waals surface area (Å²) in [6.45, 7) is 1.79. The third-order valence-corrected chi connectivity index (χ3v) is 5.77. The van der Waals surface area contributed by atoms with Gasteiger partial charge in [0.05, 0.1) is 6.04 Å². The minimum Gasteiger partial charge on any atom is -0.353 e. The van der Waals surface area contributed by atoms with Crippen molar-refractivity contribution >= 4 is 17.5 Å². The van der Waals surface area contributed by atoms with E-state index < -0.39 is 23.4 Å². The second kappa shape index (κ2) is 9.32. The van der Waals surface area contributed by atoms with Gasteiger partial charge in [0.25, 0.3) is 0 Å². The first-order valence-electron chi connectivity index (χ1n) is 10.4. The molecule has 6 nitrogen and oxygen atoms in total. The summed E-state index contributed by atoms with van der Waals surface area (Å²) in [5.74, 6) is -3.91. The highest BCUT2D eigenvalue weighted by molar-refractivity contribution is 6.39. The normalized spacial score (nSPS) is 14.5. The van der Waals surface area contributed by atoms with Crippen LogP contribution >= 0.6 is 0 Å². The molecule has 32 heavy (non-hydrogen) atoms. The summed E-state index contributed by atoms with van der Waals surface area (Å²) in [6.07, 6.45) is 2.85. The fourth-order valence-electron chi connectivity index (χ4n) is 4.06.